The third-order valence-electron chi connectivity index (χ3n) is 3.67. The van der Waals surface area contributed by atoms with Gasteiger partial charge in [-0.2, -0.15) is 0 Å². The van der Waals surface area contributed by atoms with Crippen molar-refractivity contribution in [3.05, 3.63) is 63.9 Å². The number of halogens is 2. The van der Waals surface area contributed by atoms with E-state index in [9.17, 15) is 17.6 Å². The molecular formula is C17H18BrFN2O3S. The highest BCUT2D eigenvalue weighted by Crippen LogP contribution is 2.25. The maximum atomic E-state index is 13.0. The van der Waals surface area contributed by atoms with Gasteiger partial charge in [0.05, 0.1) is 10.9 Å². The number of amides is 1. The molecule has 0 aliphatic carbocycles. The number of nitrogens with one attached hydrogen (secondary N) is 1. The Hall–Kier alpha value is -1.77. The summed E-state index contributed by atoms with van der Waals surface area (Å²) in [5, 5.41) is 2.77. The zero-order chi connectivity index (χ0) is 18.8. The first kappa shape index (κ1) is 19.6. The van der Waals surface area contributed by atoms with Crippen LogP contribution in [0.2, 0.25) is 0 Å². The van der Waals surface area contributed by atoms with E-state index in [0.717, 1.165) is 9.87 Å². The number of carbonyl (C=O) groups excluding carboxylic acids is 1. The van der Waals surface area contributed by atoms with E-state index >= 15 is 0 Å². The minimum atomic E-state index is -3.68. The monoisotopic (exact) mass is 428 g/mol. The van der Waals surface area contributed by atoms with Crippen LogP contribution in [0.3, 0.4) is 0 Å². The Bertz CT molecular complexity index is 883. The number of sulfonamides is 1. The lowest BCUT2D eigenvalue weighted by atomic mass is 10.1. The topological polar surface area (TPSA) is 66.5 Å². The van der Waals surface area contributed by atoms with Gasteiger partial charge in [0.1, 0.15) is 5.82 Å². The van der Waals surface area contributed by atoms with Gasteiger partial charge in [0, 0.05) is 24.1 Å². The van der Waals surface area contributed by atoms with E-state index < -0.39 is 15.9 Å². The molecule has 0 aromatic heterocycles. The highest BCUT2D eigenvalue weighted by molar-refractivity contribution is 9.10. The molecule has 25 heavy (non-hydrogen) atoms. The summed E-state index contributed by atoms with van der Waals surface area (Å²) in [4.78, 5) is 12.5. The van der Waals surface area contributed by atoms with Gasteiger partial charge in [-0.05, 0) is 58.7 Å². The van der Waals surface area contributed by atoms with Gasteiger partial charge in [0.2, 0.25) is 10.0 Å². The molecule has 1 N–H and O–H groups in total. The lowest BCUT2D eigenvalue weighted by Gasteiger charge is -2.16. The van der Waals surface area contributed by atoms with Crippen molar-refractivity contribution in [2.45, 2.75) is 17.9 Å². The summed E-state index contributed by atoms with van der Waals surface area (Å²) in [5.41, 5.74) is 0.964. The van der Waals surface area contributed by atoms with Gasteiger partial charge < -0.3 is 5.32 Å². The normalized spacial score (nSPS) is 12.9. The first-order valence-corrected chi connectivity index (χ1v) is 9.64. The first-order valence-electron chi connectivity index (χ1n) is 7.41. The van der Waals surface area contributed by atoms with E-state index in [1.807, 2.05) is 0 Å². The molecule has 0 spiro atoms. The molecule has 0 heterocycles. The molecule has 0 radical (unpaired) electrons. The largest absolute Gasteiger partial charge is 0.346 e. The maximum Gasteiger partial charge on any atom is 0.251 e. The van der Waals surface area contributed by atoms with Crippen LogP contribution in [0, 0.1) is 5.82 Å². The third kappa shape index (κ3) is 4.45. The van der Waals surface area contributed by atoms with Crippen LogP contribution in [0.1, 0.15) is 28.9 Å². The zero-order valence-electron chi connectivity index (χ0n) is 14.0. The summed E-state index contributed by atoms with van der Waals surface area (Å²) in [6, 6.07) is 9.84. The average Bonchev–Trinajstić information content (AvgIpc) is 2.55. The second-order valence-electron chi connectivity index (χ2n) is 5.68. The summed E-state index contributed by atoms with van der Waals surface area (Å²) in [7, 11) is -0.841. The van der Waals surface area contributed by atoms with Crippen LogP contribution < -0.4 is 5.32 Å². The van der Waals surface area contributed by atoms with Crippen molar-refractivity contribution in [3.63, 3.8) is 0 Å². The molecule has 1 amide bonds. The summed E-state index contributed by atoms with van der Waals surface area (Å²) in [6.07, 6.45) is 0. The van der Waals surface area contributed by atoms with E-state index in [2.05, 4.69) is 21.2 Å². The molecule has 0 saturated carbocycles. The number of rotatable bonds is 5. The summed E-state index contributed by atoms with van der Waals surface area (Å²) < 4.78 is 39.1. The van der Waals surface area contributed by atoms with Crippen molar-refractivity contribution in [1.82, 2.24) is 9.62 Å². The Morgan fingerprint density at radius 3 is 2.32 bits per heavy atom. The second-order valence-corrected chi connectivity index (χ2v) is 8.65. The minimum Gasteiger partial charge on any atom is -0.346 e. The summed E-state index contributed by atoms with van der Waals surface area (Å²) >= 11 is 3.20. The maximum absolute atomic E-state index is 13.0. The molecule has 1 atom stereocenters. The van der Waals surface area contributed by atoms with Gasteiger partial charge in [-0.25, -0.2) is 17.1 Å². The third-order valence-corrected chi connectivity index (χ3v) is 6.48. The van der Waals surface area contributed by atoms with Crippen molar-refractivity contribution in [2.75, 3.05) is 14.1 Å². The van der Waals surface area contributed by atoms with Gasteiger partial charge in [-0.15, -0.1) is 0 Å². The number of nitrogens with zero attached hydrogens (tertiary/aromatic N) is 1. The molecule has 134 valence electrons. The molecule has 5 nitrogen and oxygen atoms in total. The van der Waals surface area contributed by atoms with Crippen LogP contribution in [-0.2, 0) is 10.0 Å². The van der Waals surface area contributed by atoms with Crippen LogP contribution in [0.25, 0.3) is 0 Å². The summed E-state index contributed by atoms with van der Waals surface area (Å²) in [5.74, 6) is -0.770. The number of hydrogen-bond acceptors (Lipinski definition) is 3. The van der Waals surface area contributed by atoms with E-state index in [4.69, 9.17) is 0 Å². The van der Waals surface area contributed by atoms with Gasteiger partial charge in [0.25, 0.3) is 5.91 Å². The lowest BCUT2D eigenvalue weighted by Crippen LogP contribution is -2.27. The number of hydrogen-bond donors (Lipinski definition) is 1. The molecule has 0 fully saturated rings. The minimum absolute atomic E-state index is 0.0135. The van der Waals surface area contributed by atoms with Crippen LogP contribution in [0.4, 0.5) is 4.39 Å². The predicted octanol–water partition coefficient (Wildman–Crippen LogP) is 3.33. The standard InChI is InChI=1S/C17H18BrFN2O3S/c1-11(12-4-7-14(19)8-5-12)20-17(22)13-6-9-15(18)16(10-13)25(23,24)21(2)3/h4-11H,1-3H3,(H,20,22). The molecule has 0 saturated heterocycles. The number of benzene rings is 2. The smallest absolute Gasteiger partial charge is 0.251 e. The number of carbonyl (C=O) groups is 1. The SMILES string of the molecule is CC(NC(=O)c1ccc(Br)c(S(=O)(=O)N(C)C)c1)c1ccc(F)cc1. The Morgan fingerprint density at radius 1 is 1.16 bits per heavy atom. The Balaban J connectivity index is 2.27. The predicted molar refractivity (Wildman–Crippen MR) is 97.3 cm³/mol. The molecule has 2 rings (SSSR count). The molecule has 0 aliphatic heterocycles. The van der Waals surface area contributed by atoms with Crippen molar-refractivity contribution in [3.8, 4) is 0 Å². The molecule has 1 unspecified atom stereocenters. The van der Waals surface area contributed by atoms with Crippen molar-refractivity contribution >= 4 is 31.9 Å². The van der Waals surface area contributed by atoms with Crippen molar-refractivity contribution in [1.29, 1.82) is 0 Å². The fourth-order valence-electron chi connectivity index (χ4n) is 2.15. The summed E-state index contributed by atoms with van der Waals surface area (Å²) in [6.45, 7) is 1.77. The fourth-order valence-corrected chi connectivity index (χ4v) is 4.00. The van der Waals surface area contributed by atoms with Crippen molar-refractivity contribution < 1.29 is 17.6 Å². The molecule has 0 bridgehead atoms. The van der Waals surface area contributed by atoms with Crippen LogP contribution in [0.15, 0.2) is 51.8 Å². The molecule has 2 aromatic rings. The van der Waals surface area contributed by atoms with Gasteiger partial charge >= 0.3 is 0 Å². The second kappa shape index (κ2) is 7.63. The van der Waals surface area contributed by atoms with Crippen LogP contribution in [0.5, 0.6) is 0 Å². The van der Waals surface area contributed by atoms with E-state index in [-0.39, 0.29) is 22.3 Å². The van der Waals surface area contributed by atoms with E-state index in [1.54, 1.807) is 19.1 Å². The highest BCUT2D eigenvalue weighted by Gasteiger charge is 2.22. The Morgan fingerprint density at radius 2 is 1.76 bits per heavy atom. The molecule has 0 aliphatic rings. The van der Waals surface area contributed by atoms with Crippen LogP contribution >= 0.6 is 15.9 Å². The fraction of sp³-hybridized carbons (Fsp3) is 0.235. The quantitative estimate of drug-likeness (QED) is 0.793. The molecule has 8 heteroatoms. The lowest BCUT2D eigenvalue weighted by molar-refractivity contribution is 0.0939. The van der Waals surface area contributed by atoms with E-state index in [0.29, 0.717) is 4.47 Å². The highest BCUT2D eigenvalue weighted by atomic mass is 79.9. The van der Waals surface area contributed by atoms with Crippen LogP contribution in [-0.4, -0.2) is 32.7 Å². The van der Waals surface area contributed by atoms with E-state index in [1.165, 1.54) is 44.4 Å². The molecule has 2 aromatic carbocycles. The average molecular weight is 429 g/mol. The Labute approximate surface area is 155 Å². The van der Waals surface area contributed by atoms with Gasteiger partial charge in [-0.1, -0.05) is 12.1 Å². The van der Waals surface area contributed by atoms with Gasteiger partial charge in [0.15, 0.2) is 0 Å². The molecular weight excluding hydrogens is 411 g/mol. The van der Waals surface area contributed by atoms with Crippen molar-refractivity contribution in [2.24, 2.45) is 0 Å². The first-order chi connectivity index (χ1) is 11.6. The zero-order valence-corrected chi connectivity index (χ0v) is 16.4. The Kier molecular flexibility index (Phi) is 5.97. The van der Waals surface area contributed by atoms with Gasteiger partial charge in [-0.3, -0.25) is 4.79 Å².